The van der Waals surface area contributed by atoms with Gasteiger partial charge in [-0.1, -0.05) is 97.3 Å². The second-order valence-electron chi connectivity index (χ2n) is 11.4. The lowest BCUT2D eigenvalue weighted by molar-refractivity contribution is -0.169. The van der Waals surface area contributed by atoms with Crippen molar-refractivity contribution in [2.45, 2.75) is 154 Å². The van der Waals surface area contributed by atoms with Crippen molar-refractivity contribution in [3.63, 3.8) is 0 Å². The van der Waals surface area contributed by atoms with Crippen LogP contribution in [-0.2, 0) is 19.1 Å². The van der Waals surface area contributed by atoms with Crippen LogP contribution < -0.4 is 5.73 Å². The highest BCUT2D eigenvalue weighted by atomic mass is 16.6. The van der Waals surface area contributed by atoms with Crippen LogP contribution in [0, 0.1) is 0 Å². The number of ketones is 1. The van der Waals surface area contributed by atoms with Crippen LogP contribution >= 0.6 is 0 Å². The van der Waals surface area contributed by atoms with Crippen LogP contribution in [0.4, 0.5) is 5.82 Å². The van der Waals surface area contributed by atoms with Gasteiger partial charge in [-0.2, -0.15) is 0 Å². The Kier molecular flexibility index (Phi) is 14.5. The zero-order chi connectivity index (χ0) is 29.5. The fraction of sp³-hybridized carbons (Fsp3) is 0.774. The van der Waals surface area contributed by atoms with Crippen LogP contribution in [0.2, 0.25) is 0 Å². The van der Waals surface area contributed by atoms with Crippen molar-refractivity contribution < 1.29 is 24.2 Å². The number of Topliss-reactive ketones (excluding diaryl/α,β-unsaturated/α-hetero) is 1. The third-order valence-corrected chi connectivity index (χ3v) is 7.97. The van der Waals surface area contributed by atoms with E-state index in [0.717, 1.165) is 25.7 Å². The Balaban J connectivity index is 1.43. The van der Waals surface area contributed by atoms with E-state index in [1.165, 1.54) is 76.9 Å². The normalized spacial score (nSPS) is 19.5. The van der Waals surface area contributed by atoms with E-state index in [9.17, 15) is 14.7 Å². The monoisotopic (exact) mass is 573 g/mol. The van der Waals surface area contributed by atoms with Gasteiger partial charge in [-0.3, -0.25) is 14.2 Å². The number of fused-ring (bicyclic) bond motifs is 1. The number of carbonyl (C=O) groups is 2. The molecule has 10 heteroatoms. The van der Waals surface area contributed by atoms with Gasteiger partial charge in [0.25, 0.3) is 0 Å². The van der Waals surface area contributed by atoms with Crippen molar-refractivity contribution in [2.75, 3.05) is 5.73 Å². The van der Waals surface area contributed by atoms with Crippen LogP contribution in [0.25, 0.3) is 11.2 Å². The number of ether oxygens (including phenoxy) is 2. The number of carbonyl (C=O) groups excluding carboxylic acids is 2. The van der Waals surface area contributed by atoms with Crippen LogP contribution in [-0.4, -0.2) is 54.7 Å². The number of anilines is 1. The van der Waals surface area contributed by atoms with Gasteiger partial charge in [0, 0.05) is 19.3 Å². The number of esters is 1. The fourth-order valence-corrected chi connectivity index (χ4v) is 5.50. The molecule has 0 amide bonds. The van der Waals surface area contributed by atoms with E-state index in [2.05, 4.69) is 21.9 Å². The van der Waals surface area contributed by atoms with Crippen LogP contribution in [0.15, 0.2) is 12.7 Å². The topological polar surface area (TPSA) is 142 Å². The van der Waals surface area contributed by atoms with E-state index >= 15 is 0 Å². The predicted octanol–water partition coefficient (Wildman–Crippen LogP) is 6.21. The molecule has 0 spiro atoms. The third-order valence-electron chi connectivity index (χ3n) is 7.97. The molecule has 0 aliphatic carbocycles. The molecule has 0 bridgehead atoms. The van der Waals surface area contributed by atoms with Crippen molar-refractivity contribution in [3.8, 4) is 0 Å². The first-order valence-corrected chi connectivity index (χ1v) is 15.9. The van der Waals surface area contributed by atoms with E-state index in [1.54, 1.807) is 4.57 Å². The first kappa shape index (κ1) is 32.9. The van der Waals surface area contributed by atoms with Crippen molar-refractivity contribution >= 4 is 28.7 Å². The highest BCUT2D eigenvalue weighted by molar-refractivity contribution is 5.86. The summed E-state index contributed by atoms with van der Waals surface area (Å²) in [4.78, 5) is 38.3. The van der Waals surface area contributed by atoms with Gasteiger partial charge in [-0.25, -0.2) is 15.0 Å². The van der Waals surface area contributed by atoms with Gasteiger partial charge in [0.1, 0.15) is 24.2 Å². The number of hydrogen-bond donors (Lipinski definition) is 2. The van der Waals surface area contributed by atoms with Gasteiger partial charge in [0.05, 0.1) is 12.4 Å². The smallest absolute Gasteiger partial charge is 0.306 e. The lowest BCUT2D eigenvalue weighted by atomic mass is 10.00. The molecule has 1 fully saturated rings. The molecule has 0 radical (unpaired) electrons. The summed E-state index contributed by atoms with van der Waals surface area (Å²) in [7, 11) is 0. The maximum Gasteiger partial charge on any atom is 0.306 e. The Morgan fingerprint density at radius 2 is 1.54 bits per heavy atom. The molecule has 3 N–H and O–H groups in total. The number of imidazole rings is 1. The average molecular weight is 574 g/mol. The maximum absolute atomic E-state index is 13.1. The minimum absolute atomic E-state index is 0.202. The predicted molar refractivity (Wildman–Crippen MR) is 159 cm³/mol. The molecule has 3 rings (SSSR count). The molecule has 1 aliphatic heterocycles. The lowest BCUT2D eigenvalue weighted by Crippen LogP contribution is -2.43. The standard InChI is InChI=1S/C31H51N5O5/c1-3-5-7-8-9-10-11-12-13-14-15-16-17-19-26(39)41-28(23(37)18-6-4-2)29-24(38)20-25(40-29)36-22-35-27-30(32)33-21-34-31(27)36/h21-22,24-25,28-29,38H,3-20H2,1-2H3,(H2,32,33,34)/t24-,25+,28?,29-/m0/s1. The first-order chi connectivity index (χ1) is 20.0. The quantitative estimate of drug-likeness (QED) is 0.132. The number of unbranched alkanes of at least 4 members (excludes halogenated alkanes) is 13. The van der Waals surface area contributed by atoms with Gasteiger partial charge < -0.3 is 20.3 Å². The molecule has 3 heterocycles. The van der Waals surface area contributed by atoms with Crippen molar-refractivity contribution in [2.24, 2.45) is 0 Å². The fourth-order valence-electron chi connectivity index (χ4n) is 5.50. The highest BCUT2D eigenvalue weighted by Gasteiger charge is 2.45. The summed E-state index contributed by atoms with van der Waals surface area (Å²) in [6, 6.07) is 0. The minimum atomic E-state index is -1.15. The Hall–Kier alpha value is -2.59. The molecule has 1 saturated heterocycles. The number of hydrogen-bond acceptors (Lipinski definition) is 9. The van der Waals surface area contributed by atoms with Crippen molar-refractivity contribution in [3.05, 3.63) is 12.7 Å². The molecular formula is C31H51N5O5. The van der Waals surface area contributed by atoms with Gasteiger partial charge in [-0.15, -0.1) is 0 Å². The minimum Gasteiger partial charge on any atom is -0.451 e. The van der Waals surface area contributed by atoms with Gasteiger partial charge in [-0.05, 0) is 12.8 Å². The molecule has 41 heavy (non-hydrogen) atoms. The second kappa shape index (κ2) is 18.1. The summed E-state index contributed by atoms with van der Waals surface area (Å²) in [5, 5.41) is 10.9. The molecule has 230 valence electrons. The van der Waals surface area contributed by atoms with Crippen LogP contribution in [0.1, 0.15) is 136 Å². The summed E-state index contributed by atoms with van der Waals surface area (Å²) < 4.78 is 13.5. The molecule has 2 aromatic heterocycles. The Morgan fingerprint density at radius 1 is 0.927 bits per heavy atom. The zero-order valence-electron chi connectivity index (χ0n) is 25.1. The van der Waals surface area contributed by atoms with Gasteiger partial charge in [0.15, 0.2) is 23.4 Å². The lowest BCUT2D eigenvalue weighted by Gasteiger charge is -2.25. The largest absolute Gasteiger partial charge is 0.451 e. The molecule has 1 aliphatic rings. The second-order valence-corrected chi connectivity index (χ2v) is 11.4. The average Bonchev–Trinajstić information content (AvgIpc) is 3.57. The van der Waals surface area contributed by atoms with E-state index in [0.29, 0.717) is 17.6 Å². The number of nitrogens with two attached hydrogens (primary N) is 1. The van der Waals surface area contributed by atoms with Gasteiger partial charge >= 0.3 is 5.97 Å². The highest BCUT2D eigenvalue weighted by Crippen LogP contribution is 2.34. The molecule has 0 saturated carbocycles. The first-order valence-electron chi connectivity index (χ1n) is 15.9. The molecule has 4 atom stereocenters. The Bertz CT molecular complexity index is 1060. The number of aliphatic hydroxyl groups is 1. The summed E-state index contributed by atoms with van der Waals surface area (Å²) in [5.74, 6) is -0.397. The zero-order valence-corrected chi connectivity index (χ0v) is 25.1. The number of rotatable bonds is 21. The molecule has 2 aromatic rings. The van der Waals surface area contributed by atoms with Gasteiger partial charge in [0.2, 0.25) is 0 Å². The van der Waals surface area contributed by atoms with Crippen molar-refractivity contribution in [1.29, 1.82) is 0 Å². The summed E-state index contributed by atoms with van der Waals surface area (Å²) in [6.45, 7) is 4.25. The maximum atomic E-state index is 13.1. The molecule has 10 nitrogen and oxygen atoms in total. The molecular weight excluding hydrogens is 522 g/mol. The van der Waals surface area contributed by atoms with Crippen LogP contribution in [0.3, 0.4) is 0 Å². The third kappa shape index (κ3) is 10.3. The SMILES string of the molecule is CCCCCCCCCCCCCCCC(=O)OC(C(=O)CCCC)[C@H]1O[C@@H](n2cnc3c(N)ncnc32)C[C@@H]1O. The number of nitrogens with zero attached hydrogens (tertiary/aromatic N) is 4. The molecule has 1 unspecified atom stereocenters. The summed E-state index contributed by atoms with van der Waals surface area (Å²) in [5.41, 5.74) is 6.82. The Morgan fingerprint density at radius 3 is 2.17 bits per heavy atom. The van der Waals surface area contributed by atoms with Crippen molar-refractivity contribution in [1.82, 2.24) is 19.5 Å². The molecule has 0 aromatic carbocycles. The van der Waals surface area contributed by atoms with E-state index in [4.69, 9.17) is 15.2 Å². The summed E-state index contributed by atoms with van der Waals surface area (Å²) in [6.07, 6.45) is 17.3. The van der Waals surface area contributed by atoms with Crippen LogP contribution in [0.5, 0.6) is 0 Å². The number of aromatic nitrogens is 4. The number of nitrogen functional groups attached to an aromatic ring is 1. The Labute approximate surface area is 244 Å². The van der Waals surface area contributed by atoms with E-state index in [-0.39, 0.29) is 30.9 Å². The number of aliphatic hydroxyl groups excluding tert-OH is 1. The van der Waals surface area contributed by atoms with E-state index < -0.39 is 30.5 Å². The van der Waals surface area contributed by atoms with E-state index in [1.807, 2.05) is 6.92 Å². The summed E-state index contributed by atoms with van der Waals surface area (Å²) >= 11 is 0.